The molecule has 0 saturated carbocycles. The van der Waals surface area contributed by atoms with Crippen molar-refractivity contribution in [1.82, 2.24) is 14.9 Å². The second-order valence-electron chi connectivity index (χ2n) is 6.11. The summed E-state index contributed by atoms with van der Waals surface area (Å²) in [6.07, 6.45) is 5.77. The lowest BCUT2D eigenvalue weighted by Crippen LogP contribution is -2.45. The van der Waals surface area contributed by atoms with Gasteiger partial charge in [-0.2, -0.15) is 9.37 Å². The number of anilines is 1. The van der Waals surface area contributed by atoms with Crippen LogP contribution in [0.25, 0.3) is 0 Å². The van der Waals surface area contributed by atoms with Crippen LogP contribution < -0.4 is 5.32 Å². The van der Waals surface area contributed by atoms with E-state index in [1.807, 2.05) is 12.4 Å². The first kappa shape index (κ1) is 15.0. The number of ether oxygens (including phenoxy) is 1. The lowest BCUT2D eigenvalue weighted by atomic mass is 9.85. The highest BCUT2D eigenvalue weighted by molar-refractivity contribution is 7.15. The van der Waals surface area contributed by atoms with Crippen LogP contribution in [0.5, 0.6) is 0 Å². The van der Waals surface area contributed by atoms with Gasteiger partial charge in [-0.15, -0.1) is 0 Å². The molecule has 1 fully saturated rings. The molecule has 1 unspecified atom stereocenters. The largest absolute Gasteiger partial charge is 0.365 e. The predicted molar refractivity (Wildman–Crippen MR) is 86.8 cm³/mol. The van der Waals surface area contributed by atoms with Crippen LogP contribution in [0.15, 0.2) is 18.5 Å². The maximum Gasteiger partial charge on any atom is 0.230 e. The highest BCUT2D eigenvalue weighted by atomic mass is 32.1. The molecular weight excluding hydrogens is 315 g/mol. The molecule has 0 aromatic carbocycles. The first-order valence-electron chi connectivity index (χ1n) is 7.83. The number of halogens is 1. The number of nitrogens with zero attached hydrogens (tertiary/aromatic N) is 3. The van der Waals surface area contributed by atoms with Crippen molar-refractivity contribution in [2.45, 2.75) is 31.6 Å². The zero-order chi connectivity index (χ0) is 15.9. The molecule has 23 heavy (non-hydrogen) atoms. The van der Waals surface area contributed by atoms with Gasteiger partial charge in [0.05, 0.1) is 11.5 Å². The Kier molecular flexibility index (Phi) is 3.79. The third-order valence-electron chi connectivity index (χ3n) is 4.66. The molecule has 2 aromatic heterocycles. The molecule has 2 aliphatic heterocycles. The third-order valence-corrected chi connectivity index (χ3v) is 5.70. The van der Waals surface area contributed by atoms with Gasteiger partial charge in [0.1, 0.15) is 5.60 Å². The molecular formula is C16H19FN4OS. The molecule has 0 aliphatic carbocycles. The minimum atomic E-state index is -0.365. The molecule has 4 heterocycles. The second kappa shape index (κ2) is 5.81. The first-order valence-corrected chi connectivity index (χ1v) is 8.64. The summed E-state index contributed by atoms with van der Waals surface area (Å²) in [4.78, 5) is 11.0. The van der Waals surface area contributed by atoms with Gasteiger partial charge in [0.15, 0.2) is 5.13 Å². The second-order valence-corrected chi connectivity index (χ2v) is 7.20. The number of likely N-dealkylation sites (tertiary alicyclic amines) is 1. The fourth-order valence-electron chi connectivity index (χ4n) is 3.60. The molecule has 7 heteroatoms. The summed E-state index contributed by atoms with van der Waals surface area (Å²) < 4.78 is 20.1. The number of nitrogens with one attached hydrogen (secondary N) is 1. The van der Waals surface area contributed by atoms with Crippen LogP contribution in [0.1, 0.15) is 28.8 Å². The topological polar surface area (TPSA) is 50.3 Å². The molecule has 1 atom stereocenters. The van der Waals surface area contributed by atoms with E-state index in [4.69, 9.17) is 4.74 Å². The summed E-state index contributed by atoms with van der Waals surface area (Å²) in [7, 11) is 1.76. The number of rotatable bonds is 3. The van der Waals surface area contributed by atoms with Crippen LogP contribution in [-0.2, 0) is 23.5 Å². The van der Waals surface area contributed by atoms with Crippen LogP contribution in [-0.4, -0.2) is 35.0 Å². The van der Waals surface area contributed by atoms with E-state index in [0.717, 1.165) is 25.9 Å². The van der Waals surface area contributed by atoms with Gasteiger partial charge in [0, 0.05) is 38.1 Å². The molecule has 1 N–H and O–H groups in total. The molecule has 5 nitrogen and oxygen atoms in total. The lowest BCUT2D eigenvalue weighted by molar-refractivity contribution is -0.0871. The molecule has 0 amide bonds. The molecule has 2 aromatic rings. The van der Waals surface area contributed by atoms with Gasteiger partial charge in [-0.25, -0.2) is 0 Å². The van der Waals surface area contributed by atoms with E-state index in [0.29, 0.717) is 23.2 Å². The highest BCUT2D eigenvalue weighted by Crippen LogP contribution is 2.43. The number of pyridine rings is 1. The van der Waals surface area contributed by atoms with Crippen molar-refractivity contribution in [3.63, 3.8) is 0 Å². The quantitative estimate of drug-likeness (QED) is 0.935. The zero-order valence-electron chi connectivity index (χ0n) is 13.0. The van der Waals surface area contributed by atoms with Crippen molar-refractivity contribution in [3.05, 3.63) is 40.4 Å². The van der Waals surface area contributed by atoms with Crippen molar-refractivity contribution in [2.24, 2.45) is 0 Å². The standard InChI is InChI=1S/C16H19FN4OS/c1-18-15-20-14(17)13(23-15)8-21-6-2-4-16(10-21)12-3-5-19-7-11(12)9-22-16/h3,5,7H,2,4,6,8-10H2,1H3,(H,18,20). The lowest BCUT2D eigenvalue weighted by Gasteiger charge is -2.40. The van der Waals surface area contributed by atoms with Crippen LogP contribution in [0, 0.1) is 5.95 Å². The Bertz CT molecular complexity index is 718. The highest BCUT2D eigenvalue weighted by Gasteiger charge is 2.43. The van der Waals surface area contributed by atoms with E-state index in [2.05, 4.69) is 26.3 Å². The van der Waals surface area contributed by atoms with E-state index in [9.17, 15) is 4.39 Å². The molecule has 2 aliphatic rings. The van der Waals surface area contributed by atoms with Crippen LogP contribution in [0.4, 0.5) is 9.52 Å². The van der Waals surface area contributed by atoms with Gasteiger partial charge >= 0.3 is 0 Å². The van der Waals surface area contributed by atoms with Crippen molar-refractivity contribution in [1.29, 1.82) is 0 Å². The smallest absolute Gasteiger partial charge is 0.230 e. The van der Waals surface area contributed by atoms with Crippen LogP contribution in [0.3, 0.4) is 0 Å². The van der Waals surface area contributed by atoms with Gasteiger partial charge in [-0.3, -0.25) is 9.88 Å². The van der Waals surface area contributed by atoms with Gasteiger partial charge in [0.2, 0.25) is 5.95 Å². The zero-order valence-corrected chi connectivity index (χ0v) is 13.8. The van der Waals surface area contributed by atoms with Gasteiger partial charge in [0.25, 0.3) is 0 Å². The Morgan fingerprint density at radius 2 is 2.43 bits per heavy atom. The maximum atomic E-state index is 14.0. The average molecular weight is 334 g/mol. The summed E-state index contributed by atoms with van der Waals surface area (Å²) in [6.45, 7) is 2.94. The van der Waals surface area contributed by atoms with Crippen LogP contribution in [0.2, 0.25) is 0 Å². The van der Waals surface area contributed by atoms with Gasteiger partial charge < -0.3 is 10.1 Å². The Morgan fingerprint density at radius 3 is 3.26 bits per heavy atom. The Hall–Kier alpha value is -1.57. The van der Waals surface area contributed by atoms with Crippen molar-refractivity contribution in [2.75, 3.05) is 25.5 Å². The minimum absolute atomic E-state index is 0.260. The van der Waals surface area contributed by atoms with Crippen LogP contribution >= 0.6 is 11.3 Å². The monoisotopic (exact) mass is 334 g/mol. The molecule has 4 rings (SSSR count). The summed E-state index contributed by atoms with van der Waals surface area (Å²) in [5.74, 6) is -0.365. The van der Waals surface area contributed by atoms with Crippen molar-refractivity contribution < 1.29 is 9.13 Å². The third kappa shape index (κ3) is 2.62. The summed E-state index contributed by atoms with van der Waals surface area (Å²) >= 11 is 1.38. The van der Waals surface area contributed by atoms with E-state index in [1.54, 1.807) is 7.05 Å². The first-order chi connectivity index (χ1) is 11.2. The normalized spacial score (nSPS) is 24.1. The van der Waals surface area contributed by atoms with Crippen molar-refractivity contribution >= 4 is 16.5 Å². The Labute approximate surface area is 138 Å². The van der Waals surface area contributed by atoms with E-state index < -0.39 is 0 Å². The summed E-state index contributed by atoms with van der Waals surface area (Å²) in [5, 5.41) is 3.53. The number of hydrogen-bond acceptors (Lipinski definition) is 6. The summed E-state index contributed by atoms with van der Waals surface area (Å²) in [6, 6.07) is 2.07. The number of thiazole rings is 1. The van der Waals surface area contributed by atoms with E-state index in [-0.39, 0.29) is 11.5 Å². The van der Waals surface area contributed by atoms with E-state index >= 15 is 0 Å². The predicted octanol–water partition coefficient (Wildman–Crippen LogP) is 2.74. The molecule has 122 valence electrons. The molecule has 1 spiro atoms. The molecule has 0 bridgehead atoms. The summed E-state index contributed by atoms with van der Waals surface area (Å²) in [5.41, 5.74) is 2.16. The fraction of sp³-hybridized carbons (Fsp3) is 0.500. The Balaban J connectivity index is 1.55. The van der Waals surface area contributed by atoms with Crippen molar-refractivity contribution in [3.8, 4) is 0 Å². The molecule has 1 saturated heterocycles. The maximum absolute atomic E-state index is 14.0. The number of hydrogen-bond donors (Lipinski definition) is 1. The number of fused-ring (bicyclic) bond motifs is 2. The fourth-order valence-corrected chi connectivity index (χ4v) is 4.44. The SMILES string of the molecule is CNc1nc(F)c(CN2CCCC3(C2)OCc2cnccc23)s1. The van der Waals surface area contributed by atoms with Gasteiger partial charge in [-0.1, -0.05) is 11.3 Å². The minimum Gasteiger partial charge on any atom is -0.365 e. The average Bonchev–Trinajstić information content (AvgIpc) is 3.10. The van der Waals surface area contributed by atoms with Gasteiger partial charge in [-0.05, 0) is 31.0 Å². The van der Waals surface area contributed by atoms with E-state index in [1.165, 1.54) is 22.5 Å². The molecule has 0 radical (unpaired) electrons. The Morgan fingerprint density at radius 1 is 1.52 bits per heavy atom. The number of aromatic nitrogens is 2. The number of piperidine rings is 1.